The molecule has 0 aromatic heterocycles. The predicted octanol–water partition coefficient (Wildman–Crippen LogP) is 5.98. The fourth-order valence-corrected chi connectivity index (χ4v) is 5.53. The maximum atomic E-state index is 13.9. The summed E-state index contributed by atoms with van der Waals surface area (Å²) >= 11 is 0. The second-order valence-corrected chi connectivity index (χ2v) is 9.69. The highest BCUT2D eigenvalue weighted by Crippen LogP contribution is 2.59. The van der Waals surface area contributed by atoms with E-state index in [1.54, 1.807) is 0 Å². The van der Waals surface area contributed by atoms with Crippen molar-refractivity contribution in [2.75, 3.05) is 0 Å². The molecule has 0 aliphatic heterocycles. The van der Waals surface area contributed by atoms with Gasteiger partial charge in [0.2, 0.25) is 11.6 Å². The zero-order chi connectivity index (χ0) is 21.8. The molecule has 0 amide bonds. The molecule has 0 fully saturated rings. The highest BCUT2D eigenvalue weighted by atomic mass is 16.2. The van der Waals surface area contributed by atoms with Gasteiger partial charge in [-0.25, -0.2) is 0 Å². The first kappa shape index (κ1) is 19.7. The Kier molecular flexibility index (Phi) is 4.37. The zero-order valence-corrected chi connectivity index (χ0v) is 18.1. The molecule has 3 aromatic rings. The fourth-order valence-electron chi connectivity index (χ4n) is 5.53. The van der Waals surface area contributed by atoms with Gasteiger partial charge in [0.1, 0.15) is 0 Å². The molecule has 0 N–H and O–H groups in total. The molecule has 0 heterocycles. The highest BCUT2D eigenvalue weighted by Gasteiger charge is 2.60. The molecule has 3 aliphatic carbocycles. The fraction of sp³-hybridized carbons (Fsp3) is 0.241. The Morgan fingerprint density at radius 3 is 1.81 bits per heavy atom. The summed E-state index contributed by atoms with van der Waals surface area (Å²) in [5, 5.41) is 0. The zero-order valence-electron chi connectivity index (χ0n) is 18.1. The maximum absolute atomic E-state index is 13.9. The molecule has 3 aliphatic rings. The first-order chi connectivity index (χ1) is 14.9. The molecule has 2 atom stereocenters. The second-order valence-electron chi connectivity index (χ2n) is 9.69. The molecule has 6 rings (SSSR count). The Morgan fingerprint density at radius 1 is 0.742 bits per heavy atom. The molecular weight excluding hydrogens is 380 g/mol. The Labute approximate surface area is 183 Å². The van der Waals surface area contributed by atoms with Crippen molar-refractivity contribution < 1.29 is 9.59 Å². The summed E-state index contributed by atoms with van der Waals surface area (Å²) in [6, 6.07) is 28.3. The molecule has 2 heteroatoms. The predicted molar refractivity (Wildman–Crippen MR) is 123 cm³/mol. The average molecular weight is 407 g/mol. The molecule has 0 unspecified atom stereocenters. The summed E-state index contributed by atoms with van der Waals surface area (Å²) in [6.07, 6.45) is 2.15. The Bertz CT molecular complexity index is 1160. The van der Waals surface area contributed by atoms with Crippen LogP contribution in [0, 0.1) is 5.41 Å². The van der Waals surface area contributed by atoms with E-state index in [-0.39, 0.29) is 22.9 Å². The van der Waals surface area contributed by atoms with Gasteiger partial charge >= 0.3 is 0 Å². The molecule has 0 spiro atoms. The van der Waals surface area contributed by atoms with Crippen LogP contribution in [-0.4, -0.2) is 11.6 Å². The molecule has 0 saturated carbocycles. The van der Waals surface area contributed by atoms with Gasteiger partial charge in [0.15, 0.2) is 0 Å². The van der Waals surface area contributed by atoms with Crippen molar-refractivity contribution in [1.82, 2.24) is 0 Å². The number of benzene rings is 3. The quantitative estimate of drug-likeness (QED) is 0.396. The summed E-state index contributed by atoms with van der Waals surface area (Å²) in [6.45, 7) is 6.40. The first-order valence-corrected chi connectivity index (χ1v) is 10.9. The Hall–Kier alpha value is -3.26. The third-order valence-corrected chi connectivity index (χ3v) is 6.86. The summed E-state index contributed by atoms with van der Waals surface area (Å²) in [7, 11) is 0. The molecule has 31 heavy (non-hydrogen) atoms. The number of fused-ring (bicyclic) bond motifs is 1. The van der Waals surface area contributed by atoms with E-state index in [9.17, 15) is 9.59 Å². The van der Waals surface area contributed by atoms with Crippen LogP contribution in [0.2, 0.25) is 0 Å². The van der Waals surface area contributed by atoms with Gasteiger partial charge in [-0.1, -0.05) is 117 Å². The number of ketones is 2. The topological polar surface area (TPSA) is 34.1 Å². The van der Waals surface area contributed by atoms with E-state index in [0.717, 1.165) is 27.8 Å². The second kappa shape index (κ2) is 6.88. The standard InChI is InChI=1S/C29H26O2/c1-28(2,3)23-18-29(22-17-11-10-16-21(22)24(23)26(30)27(29)31)25(19-12-6-4-7-13-19)20-14-8-5-9-15-20/h4-18,24-25H,1-3H3/t24-,29+/m0/s1. The minimum atomic E-state index is -1.05. The van der Waals surface area contributed by atoms with Gasteiger partial charge in [0.05, 0.1) is 11.3 Å². The molecule has 0 saturated heterocycles. The van der Waals surface area contributed by atoms with Crippen molar-refractivity contribution in [3.05, 3.63) is 119 Å². The largest absolute Gasteiger partial charge is 0.290 e. The number of hydrogen-bond donors (Lipinski definition) is 0. The number of carbonyl (C=O) groups excluding carboxylic acids is 2. The lowest BCUT2D eigenvalue weighted by molar-refractivity contribution is -0.141. The van der Waals surface area contributed by atoms with Gasteiger partial charge in [-0.05, 0) is 27.7 Å². The lowest BCUT2D eigenvalue weighted by atomic mass is 9.49. The Morgan fingerprint density at radius 2 is 1.26 bits per heavy atom. The summed E-state index contributed by atoms with van der Waals surface area (Å²) in [5.74, 6) is -1.33. The number of hydrogen-bond acceptors (Lipinski definition) is 2. The highest BCUT2D eigenvalue weighted by molar-refractivity contribution is 6.46. The summed E-state index contributed by atoms with van der Waals surface area (Å²) in [5.41, 5.74) is 3.80. The van der Waals surface area contributed by atoms with Crippen LogP contribution in [0.1, 0.15) is 54.9 Å². The van der Waals surface area contributed by atoms with Crippen LogP contribution < -0.4 is 0 Å². The smallest absolute Gasteiger partial charge is 0.214 e. The lowest BCUT2D eigenvalue weighted by Crippen LogP contribution is -2.55. The van der Waals surface area contributed by atoms with E-state index in [0.29, 0.717) is 0 Å². The van der Waals surface area contributed by atoms with E-state index in [2.05, 4.69) is 51.1 Å². The van der Waals surface area contributed by atoms with Crippen molar-refractivity contribution >= 4 is 11.6 Å². The average Bonchev–Trinajstić information content (AvgIpc) is 2.78. The first-order valence-electron chi connectivity index (χ1n) is 10.9. The summed E-state index contributed by atoms with van der Waals surface area (Å²) < 4.78 is 0. The maximum Gasteiger partial charge on any atom is 0.214 e. The third kappa shape index (κ3) is 2.78. The monoisotopic (exact) mass is 406 g/mol. The van der Waals surface area contributed by atoms with E-state index in [1.165, 1.54) is 0 Å². The number of Topliss-reactive ketones (excluding diaryl/α,β-unsaturated/α-hetero) is 2. The van der Waals surface area contributed by atoms with Crippen molar-refractivity contribution in [1.29, 1.82) is 0 Å². The SMILES string of the molecule is CC(C)(C)C1=C[C@@]2(C(c3ccccc3)c3ccccc3)C(=O)C(=O)[C@H]1c1ccccc12. The molecule has 2 bridgehead atoms. The molecule has 3 aromatic carbocycles. The van der Waals surface area contributed by atoms with Crippen molar-refractivity contribution in [2.45, 2.75) is 38.0 Å². The molecule has 154 valence electrons. The van der Waals surface area contributed by atoms with Crippen molar-refractivity contribution in [2.24, 2.45) is 5.41 Å². The van der Waals surface area contributed by atoms with Crippen LogP contribution in [0.3, 0.4) is 0 Å². The van der Waals surface area contributed by atoms with Gasteiger partial charge in [0, 0.05) is 5.92 Å². The van der Waals surface area contributed by atoms with E-state index >= 15 is 0 Å². The minimum Gasteiger partial charge on any atom is -0.290 e. The number of carbonyl (C=O) groups is 2. The van der Waals surface area contributed by atoms with Crippen molar-refractivity contribution in [3.63, 3.8) is 0 Å². The minimum absolute atomic E-state index is 0.224. The summed E-state index contributed by atoms with van der Waals surface area (Å²) in [4.78, 5) is 27.5. The van der Waals surface area contributed by atoms with Crippen molar-refractivity contribution in [3.8, 4) is 0 Å². The molecule has 0 radical (unpaired) electrons. The normalized spacial score (nSPS) is 22.5. The van der Waals surface area contributed by atoms with Crippen LogP contribution in [0.15, 0.2) is 96.6 Å². The number of allylic oxidation sites excluding steroid dienone is 2. The lowest BCUT2D eigenvalue weighted by Gasteiger charge is -2.50. The number of rotatable bonds is 3. The Balaban J connectivity index is 1.91. The molecule has 2 nitrogen and oxygen atoms in total. The van der Waals surface area contributed by atoms with Crippen LogP contribution in [0.5, 0.6) is 0 Å². The van der Waals surface area contributed by atoms with Crippen LogP contribution in [-0.2, 0) is 15.0 Å². The van der Waals surface area contributed by atoms with Gasteiger partial charge < -0.3 is 0 Å². The van der Waals surface area contributed by atoms with Gasteiger partial charge in [0.25, 0.3) is 0 Å². The van der Waals surface area contributed by atoms with E-state index in [4.69, 9.17) is 0 Å². The van der Waals surface area contributed by atoms with Gasteiger partial charge in [-0.2, -0.15) is 0 Å². The van der Waals surface area contributed by atoms with E-state index < -0.39 is 11.3 Å². The van der Waals surface area contributed by atoms with Crippen LogP contribution >= 0.6 is 0 Å². The van der Waals surface area contributed by atoms with Gasteiger partial charge in [-0.3, -0.25) is 9.59 Å². The van der Waals surface area contributed by atoms with Gasteiger partial charge in [-0.15, -0.1) is 0 Å². The van der Waals surface area contributed by atoms with Crippen LogP contribution in [0.25, 0.3) is 0 Å². The van der Waals surface area contributed by atoms with E-state index in [1.807, 2.05) is 60.7 Å². The third-order valence-electron chi connectivity index (χ3n) is 6.86. The van der Waals surface area contributed by atoms with Crippen LogP contribution in [0.4, 0.5) is 0 Å². The molecular formula is C29H26O2.